The molecule has 94 valence electrons. The molecule has 5 heteroatoms. The number of nitrogens with one attached hydrogen (secondary N) is 1. The number of nitro groups is 1. The molecule has 2 aromatic rings. The first-order chi connectivity index (χ1) is 8.49. The third-order valence-electron chi connectivity index (χ3n) is 2.85. The van der Waals surface area contributed by atoms with Gasteiger partial charge >= 0.3 is 0 Å². The predicted octanol–water partition coefficient (Wildman–Crippen LogP) is 3.20. The van der Waals surface area contributed by atoms with Crippen LogP contribution < -0.4 is 5.43 Å². The van der Waals surface area contributed by atoms with Gasteiger partial charge in [0.05, 0.1) is 4.92 Å². The minimum absolute atomic E-state index is 0.0856. The van der Waals surface area contributed by atoms with Crippen LogP contribution in [0.2, 0.25) is 0 Å². The molecule has 0 unspecified atom stereocenters. The fourth-order valence-corrected chi connectivity index (χ4v) is 1.85. The summed E-state index contributed by atoms with van der Waals surface area (Å²) < 4.78 is 1.83. The molecule has 18 heavy (non-hydrogen) atoms. The lowest BCUT2D eigenvalue weighted by Gasteiger charge is -2.13. The van der Waals surface area contributed by atoms with Crippen molar-refractivity contribution in [2.75, 3.05) is 5.43 Å². The van der Waals surface area contributed by atoms with Crippen LogP contribution in [0, 0.1) is 30.9 Å². The van der Waals surface area contributed by atoms with Gasteiger partial charge in [0.1, 0.15) is 5.69 Å². The van der Waals surface area contributed by atoms with E-state index in [1.807, 2.05) is 43.6 Å². The predicted molar refractivity (Wildman–Crippen MR) is 70.8 cm³/mol. The van der Waals surface area contributed by atoms with Gasteiger partial charge in [-0.15, -0.1) is 0 Å². The maximum atomic E-state index is 11.0. The highest BCUT2D eigenvalue weighted by molar-refractivity contribution is 5.62. The molecule has 0 aliphatic carbocycles. The number of rotatable bonds is 3. The average Bonchev–Trinajstić information content (AvgIpc) is 2.62. The summed E-state index contributed by atoms with van der Waals surface area (Å²) in [7, 11) is 0. The van der Waals surface area contributed by atoms with Gasteiger partial charge in [-0.3, -0.25) is 20.2 Å². The highest BCUT2D eigenvalue weighted by Gasteiger charge is 2.14. The van der Waals surface area contributed by atoms with Crippen molar-refractivity contribution >= 4 is 11.4 Å². The van der Waals surface area contributed by atoms with Gasteiger partial charge in [0.25, 0.3) is 5.69 Å². The van der Waals surface area contributed by atoms with Crippen LogP contribution in [0.1, 0.15) is 17.0 Å². The quantitative estimate of drug-likeness (QED) is 0.667. The lowest BCUT2D eigenvalue weighted by molar-refractivity contribution is -0.384. The van der Waals surface area contributed by atoms with E-state index >= 15 is 0 Å². The van der Waals surface area contributed by atoms with E-state index in [2.05, 4.69) is 5.43 Å². The van der Waals surface area contributed by atoms with Crippen molar-refractivity contribution in [1.29, 1.82) is 0 Å². The standard InChI is InChI=1S/C13H15N3O2/c1-9-4-7-12(13(8-9)16(17)18)14-15-10(2)5-6-11(15)3/h4-8,14H,1-3H3. The Morgan fingerprint density at radius 3 is 2.28 bits per heavy atom. The van der Waals surface area contributed by atoms with Crippen molar-refractivity contribution in [3.05, 3.63) is 57.4 Å². The number of hydrogen-bond donors (Lipinski definition) is 1. The van der Waals surface area contributed by atoms with E-state index in [1.54, 1.807) is 12.1 Å². The molecule has 0 amide bonds. The molecule has 0 spiro atoms. The first-order valence-corrected chi connectivity index (χ1v) is 5.66. The molecule has 1 aromatic heterocycles. The Hall–Kier alpha value is -2.30. The number of hydrogen-bond acceptors (Lipinski definition) is 3. The molecule has 0 atom stereocenters. The average molecular weight is 245 g/mol. The maximum Gasteiger partial charge on any atom is 0.294 e. The van der Waals surface area contributed by atoms with E-state index in [0.29, 0.717) is 5.69 Å². The zero-order chi connectivity index (χ0) is 13.3. The number of anilines is 1. The third kappa shape index (κ3) is 2.20. The van der Waals surface area contributed by atoms with E-state index < -0.39 is 0 Å². The molecule has 0 saturated heterocycles. The molecule has 5 nitrogen and oxygen atoms in total. The molecule has 1 aromatic carbocycles. The van der Waals surface area contributed by atoms with E-state index in [0.717, 1.165) is 17.0 Å². The maximum absolute atomic E-state index is 11.0. The van der Waals surface area contributed by atoms with Crippen molar-refractivity contribution in [3.8, 4) is 0 Å². The van der Waals surface area contributed by atoms with Crippen LogP contribution in [0.5, 0.6) is 0 Å². The Morgan fingerprint density at radius 2 is 1.72 bits per heavy atom. The molecule has 0 bridgehead atoms. The van der Waals surface area contributed by atoms with Gasteiger partial charge in [-0.25, -0.2) is 0 Å². The second-order valence-electron chi connectivity index (χ2n) is 4.34. The van der Waals surface area contributed by atoms with Crippen LogP contribution >= 0.6 is 0 Å². The van der Waals surface area contributed by atoms with Crippen LogP contribution in [-0.2, 0) is 0 Å². The fourth-order valence-electron chi connectivity index (χ4n) is 1.85. The number of nitro benzene ring substituents is 1. The normalized spacial score (nSPS) is 10.4. The van der Waals surface area contributed by atoms with Gasteiger partial charge < -0.3 is 0 Å². The van der Waals surface area contributed by atoms with Gasteiger partial charge in [-0.05, 0) is 44.5 Å². The summed E-state index contributed by atoms with van der Waals surface area (Å²) in [6, 6.07) is 9.07. The molecule has 0 aliphatic heterocycles. The Kier molecular flexibility index (Phi) is 3.06. The molecule has 1 N–H and O–H groups in total. The van der Waals surface area contributed by atoms with E-state index in [4.69, 9.17) is 0 Å². The zero-order valence-corrected chi connectivity index (χ0v) is 10.6. The summed E-state index contributed by atoms with van der Waals surface area (Å²) in [5.74, 6) is 0. The Bertz CT molecular complexity index is 583. The zero-order valence-electron chi connectivity index (χ0n) is 10.6. The van der Waals surface area contributed by atoms with Gasteiger partial charge in [0.2, 0.25) is 0 Å². The minimum atomic E-state index is -0.372. The van der Waals surface area contributed by atoms with Gasteiger partial charge in [-0.2, -0.15) is 0 Å². The van der Waals surface area contributed by atoms with Gasteiger partial charge in [0.15, 0.2) is 0 Å². The third-order valence-corrected chi connectivity index (χ3v) is 2.85. The molecule has 0 aliphatic rings. The first-order valence-electron chi connectivity index (χ1n) is 5.66. The van der Waals surface area contributed by atoms with Crippen LogP contribution in [0.15, 0.2) is 30.3 Å². The first kappa shape index (κ1) is 12.2. The largest absolute Gasteiger partial charge is 0.294 e. The number of aromatic nitrogens is 1. The van der Waals surface area contributed by atoms with Crippen LogP contribution in [-0.4, -0.2) is 9.60 Å². The molecule has 0 fully saturated rings. The highest BCUT2D eigenvalue weighted by Crippen LogP contribution is 2.26. The van der Waals surface area contributed by atoms with E-state index in [-0.39, 0.29) is 10.6 Å². The number of benzene rings is 1. The van der Waals surface area contributed by atoms with Crippen molar-refractivity contribution < 1.29 is 4.92 Å². The van der Waals surface area contributed by atoms with E-state index in [1.165, 1.54) is 0 Å². The smallest absolute Gasteiger partial charge is 0.288 e. The summed E-state index contributed by atoms with van der Waals surface area (Å²) in [6.45, 7) is 5.73. The van der Waals surface area contributed by atoms with Crippen molar-refractivity contribution in [2.45, 2.75) is 20.8 Å². The highest BCUT2D eigenvalue weighted by atomic mass is 16.6. The van der Waals surface area contributed by atoms with E-state index in [9.17, 15) is 10.1 Å². The lowest BCUT2D eigenvalue weighted by Crippen LogP contribution is -2.13. The molecular formula is C13H15N3O2. The molecule has 0 radical (unpaired) electrons. The minimum Gasteiger partial charge on any atom is -0.288 e. The fraction of sp³-hybridized carbons (Fsp3) is 0.231. The number of aryl methyl sites for hydroxylation is 3. The molecular weight excluding hydrogens is 230 g/mol. The summed E-state index contributed by atoms with van der Waals surface area (Å²) in [5.41, 5.74) is 6.52. The van der Waals surface area contributed by atoms with Crippen LogP contribution in [0.4, 0.5) is 11.4 Å². The Balaban J connectivity index is 2.43. The molecule has 1 heterocycles. The van der Waals surface area contributed by atoms with Crippen LogP contribution in [0.25, 0.3) is 0 Å². The molecule has 2 rings (SSSR count). The van der Waals surface area contributed by atoms with Crippen LogP contribution in [0.3, 0.4) is 0 Å². The second kappa shape index (κ2) is 4.52. The van der Waals surface area contributed by atoms with Crippen molar-refractivity contribution in [1.82, 2.24) is 4.68 Å². The Morgan fingerprint density at radius 1 is 1.11 bits per heavy atom. The second-order valence-corrected chi connectivity index (χ2v) is 4.34. The van der Waals surface area contributed by atoms with Gasteiger partial charge in [-0.1, -0.05) is 6.07 Å². The van der Waals surface area contributed by atoms with Gasteiger partial charge in [0, 0.05) is 17.5 Å². The van der Waals surface area contributed by atoms with Crippen molar-refractivity contribution in [3.63, 3.8) is 0 Å². The summed E-state index contributed by atoms with van der Waals surface area (Å²) >= 11 is 0. The lowest BCUT2D eigenvalue weighted by atomic mass is 10.2. The van der Waals surface area contributed by atoms with Crippen molar-refractivity contribution in [2.24, 2.45) is 0 Å². The summed E-state index contributed by atoms with van der Waals surface area (Å²) in [6.07, 6.45) is 0. The SMILES string of the molecule is Cc1ccc(Nn2c(C)ccc2C)c([N+](=O)[O-])c1. The number of nitrogens with zero attached hydrogens (tertiary/aromatic N) is 2. The summed E-state index contributed by atoms with van der Waals surface area (Å²) in [5, 5.41) is 11.0. The Labute approximate surface area is 105 Å². The molecule has 0 saturated carbocycles. The monoisotopic (exact) mass is 245 g/mol. The topological polar surface area (TPSA) is 60.1 Å². The summed E-state index contributed by atoms with van der Waals surface area (Å²) in [4.78, 5) is 10.7.